The molecule has 8 heteroatoms. The molecular formula is C15H17F3O4S. The highest BCUT2D eigenvalue weighted by atomic mass is 32.2. The SMILES string of the molecule is CCc1cc(S(=O)(=O)O)c(C(F)(F)F)c2c1C(=O)CCC2(C)C. The Morgan fingerprint density at radius 3 is 2.30 bits per heavy atom. The van der Waals surface area contributed by atoms with Crippen LogP contribution in [0.25, 0.3) is 0 Å². The van der Waals surface area contributed by atoms with E-state index in [1.807, 2.05) is 0 Å². The normalized spacial score (nSPS) is 18.0. The zero-order valence-corrected chi connectivity index (χ0v) is 13.7. The van der Waals surface area contributed by atoms with Crippen LogP contribution in [-0.2, 0) is 28.1 Å². The Morgan fingerprint density at radius 1 is 1.30 bits per heavy atom. The van der Waals surface area contributed by atoms with Gasteiger partial charge in [-0.15, -0.1) is 0 Å². The number of halogens is 3. The molecule has 1 aromatic carbocycles. The molecule has 0 amide bonds. The van der Waals surface area contributed by atoms with E-state index in [1.165, 1.54) is 0 Å². The highest BCUT2D eigenvalue weighted by Crippen LogP contribution is 2.48. The van der Waals surface area contributed by atoms with Crippen LogP contribution >= 0.6 is 0 Å². The Balaban J connectivity index is 3.10. The summed E-state index contributed by atoms with van der Waals surface area (Å²) >= 11 is 0. The molecule has 1 N–H and O–H groups in total. The number of alkyl halides is 3. The maximum Gasteiger partial charge on any atom is 0.418 e. The number of carbonyl (C=O) groups is 1. The second kappa shape index (κ2) is 5.31. The summed E-state index contributed by atoms with van der Waals surface area (Å²) in [7, 11) is -5.08. The lowest BCUT2D eigenvalue weighted by atomic mass is 9.69. The van der Waals surface area contributed by atoms with Crippen LogP contribution in [0.3, 0.4) is 0 Å². The molecule has 0 unspecified atom stereocenters. The average molecular weight is 350 g/mol. The van der Waals surface area contributed by atoms with E-state index in [2.05, 4.69) is 0 Å². The summed E-state index contributed by atoms with van der Waals surface area (Å²) in [5.74, 6) is -0.427. The molecule has 128 valence electrons. The van der Waals surface area contributed by atoms with Crippen LogP contribution < -0.4 is 0 Å². The van der Waals surface area contributed by atoms with Crippen LogP contribution in [0.15, 0.2) is 11.0 Å². The second-order valence-electron chi connectivity index (χ2n) is 6.29. The van der Waals surface area contributed by atoms with Crippen LogP contribution in [0, 0.1) is 0 Å². The van der Waals surface area contributed by atoms with Gasteiger partial charge in [0.1, 0.15) is 4.90 Å². The van der Waals surface area contributed by atoms with Crippen molar-refractivity contribution < 1.29 is 30.9 Å². The number of carbonyl (C=O) groups excluding carboxylic acids is 1. The minimum Gasteiger partial charge on any atom is -0.294 e. The topological polar surface area (TPSA) is 71.4 Å². The second-order valence-corrected chi connectivity index (χ2v) is 7.68. The Morgan fingerprint density at radius 2 is 1.87 bits per heavy atom. The zero-order valence-electron chi connectivity index (χ0n) is 12.9. The first-order valence-corrected chi connectivity index (χ1v) is 8.53. The van der Waals surface area contributed by atoms with Gasteiger partial charge in [0, 0.05) is 12.0 Å². The van der Waals surface area contributed by atoms with Crippen LogP contribution in [0.5, 0.6) is 0 Å². The molecule has 0 heterocycles. The number of hydrogen-bond donors (Lipinski definition) is 1. The van der Waals surface area contributed by atoms with Gasteiger partial charge in [-0.1, -0.05) is 20.8 Å². The molecule has 0 saturated carbocycles. The Kier molecular flexibility index (Phi) is 4.14. The minimum atomic E-state index is -5.08. The highest BCUT2D eigenvalue weighted by molar-refractivity contribution is 7.85. The number of rotatable bonds is 2. The summed E-state index contributed by atoms with van der Waals surface area (Å²) in [6, 6.07) is 0.774. The molecule has 0 bridgehead atoms. The summed E-state index contributed by atoms with van der Waals surface area (Å²) in [6.07, 6.45) is -4.53. The van der Waals surface area contributed by atoms with Gasteiger partial charge in [0.05, 0.1) is 5.56 Å². The van der Waals surface area contributed by atoms with E-state index >= 15 is 0 Å². The molecule has 0 spiro atoms. The molecule has 4 nitrogen and oxygen atoms in total. The van der Waals surface area contributed by atoms with Crippen molar-refractivity contribution in [1.82, 2.24) is 0 Å². The first kappa shape index (κ1) is 17.9. The van der Waals surface area contributed by atoms with Gasteiger partial charge in [0.25, 0.3) is 10.1 Å². The van der Waals surface area contributed by atoms with E-state index in [4.69, 9.17) is 0 Å². The summed E-state index contributed by atoms with van der Waals surface area (Å²) < 4.78 is 73.1. The van der Waals surface area contributed by atoms with Gasteiger partial charge in [0.15, 0.2) is 5.78 Å². The van der Waals surface area contributed by atoms with Gasteiger partial charge in [-0.25, -0.2) is 0 Å². The van der Waals surface area contributed by atoms with Crippen molar-refractivity contribution in [1.29, 1.82) is 0 Å². The van der Waals surface area contributed by atoms with Gasteiger partial charge < -0.3 is 0 Å². The maximum atomic E-state index is 13.6. The molecule has 0 fully saturated rings. The summed E-state index contributed by atoms with van der Waals surface area (Å²) in [5, 5.41) is 0. The Hall–Kier alpha value is -1.41. The summed E-state index contributed by atoms with van der Waals surface area (Å²) in [6.45, 7) is 4.70. The van der Waals surface area contributed by atoms with E-state index in [1.54, 1.807) is 20.8 Å². The van der Waals surface area contributed by atoms with Crippen LogP contribution in [0.4, 0.5) is 13.2 Å². The number of benzene rings is 1. The standard InChI is InChI=1S/C15H17F3O4S/c1-4-8-7-10(23(20,21)22)12(15(16,17)18)13-11(8)9(19)5-6-14(13,2)3/h7H,4-6H2,1-3H3,(H,20,21,22). The number of fused-ring (bicyclic) bond motifs is 1. The lowest BCUT2D eigenvalue weighted by molar-refractivity contribution is -0.141. The van der Waals surface area contributed by atoms with Crippen molar-refractivity contribution in [2.75, 3.05) is 0 Å². The van der Waals surface area contributed by atoms with E-state index < -0.39 is 38.0 Å². The number of hydrogen-bond acceptors (Lipinski definition) is 3. The van der Waals surface area contributed by atoms with Gasteiger partial charge in [-0.05, 0) is 35.4 Å². The highest BCUT2D eigenvalue weighted by Gasteiger charge is 2.47. The van der Waals surface area contributed by atoms with Crippen LogP contribution in [0.1, 0.15) is 60.7 Å². The van der Waals surface area contributed by atoms with E-state index in [9.17, 15) is 30.9 Å². The van der Waals surface area contributed by atoms with E-state index in [0.717, 1.165) is 6.07 Å². The third kappa shape index (κ3) is 3.01. The number of Topliss-reactive ketones (excluding diaryl/α,β-unsaturated/α-hetero) is 1. The van der Waals surface area contributed by atoms with Gasteiger partial charge in [-0.2, -0.15) is 21.6 Å². The number of ketones is 1. The van der Waals surface area contributed by atoms with Crippen LogP contribution in [0.2, 0.25) is 0 Å². The largest absolute Gasteiger partial charge is 0.418 e. The van der Waals surface area contributed by atoms with Crippen molar-refractivity contribution in [3.63, 3.8) is 0 Å². The fraction of sp³-hybridized carbons (Fsp3) is 0.533. The lowest BCUT2D eigenvalue weighted by Gasteiger charge is -2.36. The molecule has 0 aliphatic heterocycles. The molecule has 1 aliphatic carbocycles. The predicted octanol–water partition coefficient (Wildman–Crippen LogP) is 3.77. The van der Waals surface area contributed by atoms with Crippen molar-refractivity contribution in [2.24, 2.45) is 0 Å². The van der Waals surface area contributed by atoms with Crippen molar-refractivity contribution in [3.8, 4) is 0 Å². The molecule has 0 radical (unpaired) electrons. The first-order valence-electron chi connectivity index (χ1n) is 7.09. The molecule has 1 aliphatic rings. The molecule has 0 aromatic heterocycles. The maximum absolute atomic E-state index is 13.6. The van der Waals surface area contributed by atoms with Crippen molar-refractivity contribution >= 4 is 15.9 Å². The molecule has 23 heavy (non-hydrogen) atoms. The van der Waals surface area contributed by atoms with Crippen molar-refractivity contribution in [2.45, 2.75) is 56.5 Å². The molecule has 2 rings (SSSR count). The third-order valence-corrected chi connectivity index (χ3v) is 5.13. The molecule has 1 aromatic rings. The van der Waals surface area contributed by atoms with Gasteiger partial charge in [-0.3, -0.25) is 9.35 Å². The predicted molar refractivity (Wildman–Crippen MR) is 77.2 cm³/mol. The monoisotopic (exact) mass is 350 g/mol. The summed E-state index contributed by atoms with van der Waals surface area (Å²) in [5.41, 5.74) is -2.63. The molecule has 0 atom stereocenters. The fourth-order valence-corrected chi connectivity index (χ4v) is 3.91. The summed E-state index contributed by atoms with van der Waals surface area (Å²) in [4.78, 5) is 11.0. The Labute approximate surface area is 132 Å². The first-order chi connectivity index (χ1) is 10.3. The van der Waals surface area contributed by atoms with Crippen LogP contribution in [-0.4, -0.2) is 18.8 Å². The third-order valence-electron chi connectivity index (χ3n) is 4.25. The van der Waals surface area contributed by atoms with E-state index in [0.29, 0.717) is 0 Å². The zero-order chi connectivity index (χ0) is 17.8. The van der Waals surface area contributed by atoms with E-state index in [-0.39, 0.29) is 36.0 Å². The lowest BCUT2D eigenvalue weighted by Crippen LogP contribution is -2.33. The van der Waals surface area contributed by atoms with Gasteiger partial charge in [0.2, 0.25) is 0 Å². The fourth-order valence-electron chi connectivity index (χ4n) is 3.15. The smallest absolute Gasteiger partial charge is 0.294 e. The van der Waals surface area contributed by atoms with Crippen molar-refractivity contribution in [3.05, 3.63) is 28.3 Å². The molecule has 0 saturated heterocycles. The quantitative estimate of drug-likeness (QED) is 0.824. The molecular weight excluding hydrogens is 333 g/mol. The minimum absolute atomic E-state index is 0.0523. The van der Waals surface area contributed by atoms with Gasteiger partial charge >= 0.3 is 6.18 Å². The number of aryl methyl sites for hydroxylation is 1. The Bertz CT molecular complexity index is 777. The average Bonchev–Trinajstić information content (AvgIpc) is 2.39.